The van der Waals surface area contributed by atoms with Crippen molar-refractivity contribution in [2.75, 3.05) is 0 Å². The minimum atomic E-state index is -9.41. The Morgan fingerprint density at radius 2 is 0.541 bits per heavy atom. The molecule has 0 radical (unpaired) electrons. The fraction of sp³-hybridized carbons (Fsp3) is 1.00. The van der Waals surface area contributed by atoms with Gasteiger partial charge in [-0.15, -0.1) is 0 Å². The zero-order chi connectivity index (χ0) is 30.9. The zero-order valence-corrected chi connectivity index (χ0v) is 16.4. The summed E-state index contributed by atoms with van der Waals surface area (Å²) in [6, 6.07) is 0. The van der Waals surface area contributed by atoms with Gasteiger partial charge in [0.25, 0.3) is 0 Å². The van der Waals surface area contributed by atoms with Crippen molar-refractivity contribution in [1.29, 1.82) is 0 Å². The molecule has 0 aromatic heterocycles. The molecule has 37 heavy (non-hydrogen) atoms. The van der Waals surface area contributed by atoms with Gasteiger partial charge in [0, 0.05) is 0 Å². The molecule has 2 nitrogen and oxygen atoms in total. The molecule has 0 aromatic carbocycles. The van der Waals surface area contributed by atoms with Crippen molar-refractivity contribution in [3.8, 4) is 0 Å². The van der Waals surface area contributed by atoms with Crippen LogP contribution in [0.1, 0.15) is 0 Å². The molecule has 0 atom stereocenters. The van der Waals surface area contributed by atoms with Gasteiger partial charge >= 0.3 is 69.0 Å². The first kappa shape index (κ1) is 35.5. The fourth-order valence-corrected chi connectivity index (χ4v) is 1.89. The lowest BCUT2D eigenvalue weighted by Crippen LogP contribution is -2.77. The van der Waals surface area contributed by atoms with Gasteiger partial charge < -0.3 is 0 Å². The largest absolute Gasteiger partial charge is 0.831 e. The number of hydrogen-bond donors (Lipinski definition) is 0. The smallest absolute Gasteiger partial charge is 0.213 e. The Hall–Kier alpha value is -1.54. The van der Waals surface area contributed by atoms with Gasteiger partial charge in [0.05, 0.1) is 0 Å². The quantitative estimate of drug-likeness (QED) is 0.0769. The highest BCUT2D eigenvalue weighted by molar-refractivity contribution is 6.50. The van der Waals surface area contributed by atoms with Crippen LogP contribution in [0.15, 0.2) is 0 Å². The summed E-state index contributed by atoms with van der Waals surface area (Å²) in [5.41, 5.74) is 0. The molecule has 0 saturated carbocycles. The molecule has 0 amide bonds. The molecule has 0 rings (SSSR count). The van der Waals surface area contributed by atoms with Crippen molar-refractivity contribution in [3.05, 3.63) is 0 Å². The van der Waals surface area contributed by atoms with Crippen LogP contribution in [0, 0.1) is 0 Å². The highest BCUT2D eigenvalue weighted by Crippen LogP contribution is 2.66. The summed E-state index contributed by atoms with van der Waals surface area (Å²) < 4.78 is 308. The van der Waals surface area contributed by atoms with Crippen LogP contribution in [-0.4, -0.2) is 69.0 Å². The Morgan fingerprint density at radius 1 is 0.324 bits per heavy atom. The van der Waals surface area contributed by atoms with Crippen LogP contribution < -0.4 is 0 Å². The maximum absolute atomic E-state index is 13.3. The van der Waals surface area contributed by atoms with Crippen LogP contribution in [0.5, 0.6) is 0 Å². The highest BCUT2D eigenvalue weighted by Gasteiger charge is 2.98. The summed E-state index contributed by atoms with van der Waals surface area (Å²) in [6.07, 6.45) is -16.0. The second-order valence-electron chi connectivity index (χ2n) is 6.22. The van der Waals surface area contributed by atoms with Gasteiger partial charge in [-0.3, -0.25) is 0 Å². The first-order chi connectivity index (χ1) is 15.5. The van der Waals surface area contributed by atoms with Crippen molar-refractivity contribution in [2.45, 2.75) is 59.7 Å². The van der Waals surface area contributed by atoms with Crippen LogP contribution in [-0.2, 0) is 9.46 Å². The second kappa shape index (κ2) is 8.73. The lowest BCUT2D eigenvalue weighted by molar-refractivity contribution is -0.514. The number of hydrogen-bond acceptors (Lipinski definition) is 2. The van der Waals surface area contributed by atoms with Crippen molar-refractivity contribution < 1.29 is 114 Å². The first-order valence-electron chi connectivity index (χ1n) is 7.36. The molecule has 0 aliphatic carbocycles. The Morgan fingerprint density at radius 3 is 0.757 bits per heavy atom. The first-order valence-corrected chi connectivity index (χ1v) is 8.90. The summed E-state index contributed by atoms with van der Waals surface area (Å²) in [6.45, 7) is 0. The van der Waals surface area contributed by atoms with Gasteiger partial charge in [-0.05, 0) is 0 Å². The summed E-state index contributed by atoms with van der Waals surface area (Å²) in [7, 11) is -8.18. The summed E-state index contributed by atoms with van der Waals surface area (Å²) in [5.74, 6) is -72.7. The third kappa shape index (κ3) is 4.86. The van der Waals surface area contributed by atoms with Crippen molar-refractivity contribution in [3.63, 3.8) is 0 Å². The van der Waals surface area contributed by atoms with Crippen LogP contribution in [0.25, 0.3) is 0 Å². The normalized spacial score (nSPS) is 16.9. The molecule has 27 heteroatoms. The van der Waals surface area contributed by atoms with Crippen molar-refractivity contribution in [2.24, 2.45) is 0 Å². The van der Waals surface area contributed by atoms with Crippen LogP contribution >= 0.6 is 0 Å². The molecule has 0 aromatic rings. The lowest BCUT2D eigenvalue weighted by Gasteiger charge is -2.44. The molecule has 0 heterocycles. The number of alkyl halides is 21. The van der Waals surface area contributed by atoms with E-state index in [1.165, 1.54) is 9.46 Å². The van der Waals surface area contributed by atoms with E-state index in [1.54, 1.807) is 0 Å². The average Bonchev–Trinajstić information content (AvgIpc) is 2.63. The maximum Gasteiger partial charge on any atom is 0.831 e. The zero-order valence-electron chi connectivity index (χ0n) is 15.4. The van der Waals surface area contributed by atoms with Gasteiger partial charge in [-0.25, -0.2) is 12.3 Å². The van der Waals surface area contributed by atoms with E-state index in [1.807, 2.05) is 0 Å². The monoisotopic (exact) mass is 636 g/mol. The molecule has 0 bridgehead atoms. The van der Waals surface area contributed by atoms with Gasteiger partial charge in [-0.1, -0.05) is 0 Å². The molecule has 0 fully saturated rings. The van der Waals surface area contributed by atoms with Gasteiger partial charge in [0.15, 0.2) is 0 Å². The fourth-order valence-electron chi connectivity index (χ4n) is 1.70. The predicted octanol–water partition coefficient (Wildman–Crippen LogP) is 7.52. The number of halogens is 24. The highest BCUT2D eigenvalue weighted by atomic mass is 28.5. The minimum absolute atomic E-state index is 1.36. The Labute approximate surface area is 184 Å². The Kier molecular flexibility index (Phi) is 8.37. The van der Waals surface area contributed by atoms with Gasteiger partial charge in [0.2, 0.25) is 0 Å². The molecule has 0 N–H and O–H groups in total. The van der Waals surface area contributed by atoms with E-state index in [-0.39, 0.29) is 0 Å². The molecule has 0 unspecified atom stereocenters. The van der Waals surface area contributed by atoms with E-state index in [0.29, 0.717) is 0 Å². The summed E-state index contributed by atoms with van der Waals surface area (Å²) in [4.78, 5) is 1.36. The third-order valence-corrected chi connectivity index (χ3v) is 4.00. The average molecular weight is 636 g/mol. The Bertz CT molecular complexity index is 820. The molecular weight excluding hydrogens is 636 g/mol. The van der Waals surface area contributed by atoms with E-state index in [2.05, 4.69) is 0 Å². The standard InChI is InChI=1S/C10F24O2Si/c11-1(12,3(15,16)5(19,20)7(23,24)9(27,28)29)2(13,14)4(17,18)6(21,22)8(25,26)10(30,31)35-36-37(32,33)34. The minimum Gasteiger partial charge on any atom is -0.213 e. The van der Waals surface area contributed by atoms with E-state index >= 15 is 0 Å². The van der Waals surface area contributed by atoms with Crippen LogP contribution in [0.3, 0.4) is 0 Å². The van der Waals surface area contributed by atoms with E-state index in [9.17, 15) is 105 Å². The lowest BCUT2D eigenvalue weighted by atomic mass is 9.87. The predicted molar refractivity (Wildman–Crippen MR) is 61.8 cm³/mol. The molecule has 0 spiro atoms. The van der Waals surface area contributed by atoms with Crippen molar-refractivity contribution >= 4 is 9.32 Å². The van der Waals surface area contributed by atoms with Gasteiger partial charge in [-0.2, -0.15) is 102 Å². The van der Waals surface area contributed by atoms with E-state index in [4.69, 9.17) is 0 Å². The molecular formula is C10F24O2Si. The van der Waals surface area contributed by atoms with Gasteiger partial charge in [0.1, 0.15) is 0 Å². The van der Waals surface area contributed by atoms with Crippen LogP contribution in [0.2, 0.25) is 0 Å². The molecule has 224 valence electrons. The SMILES string of the molecule is FC(F)(F)C(F)(F)C(F)(F)C(F)(F)C(F)(F)C(F)(F)C(F)(F)C(F)(F)C(F)(F)C(F)(F)OO[Si](F)(F)F. The van der Waals surface area contributed by atoms with Crippen LogP contribution in [0.4, 0.5) is 105 Å². The maximum atomic E-state index is 13.3. The van der Waals surface area contributed by atoms with Crippen molar-refractivity contribution in [1.82, 2.24) is 0 Å². The van der Waals surface area contributed by atoms with E-state index < -0.39 is 69.0 Å². The second-order valence-corrected chi connectivity index (χ2v) is 7.28. The number of rotatable bonds is 11. The molecule has 0 saturated heterocycles. The topological polar surface area (TPSA) is 18.5 Å². The third-order valence-electron chi connectivity index (χ3n) is 3.72. The summed E-state index contributed by atoms with van der Waals surface area (Å²) in [5, 5.41) is 0. The van der Waals surface area contributed by atoms with E-state index in [0.717, 1.165) is 0 Å². The molecule has 0 aliphatic heterocycles. The Balaban J connectivity index is 6.95. The summed E-state index contributed by atoms with van der Waals surface area (Å²) >= 11 is 0. The molecule has 0 aliphatic rings.